The van der Waals surface area contributed by atoms with E-state index in [0.717, 1.165) is 26.2 Å². The summed E-state index contributed by atoms with van der Waals surface area (Å²) in [5.74, 6) is 0.588. The molecule has 1 amide bonds. The SMILES string of the molecule is COc1ccc(Cl)cc1NC(=O)C[NH+]1CCN(c2ccccc2)CC1. The summed E-state index contributed by atoms with van der Waals surface area (Å²) in [6.07, 6.45) is 0. The van der Waals surface area contributed by atoms with E-state index in [2.05, 4.69) is 34.5 Å². The fourth-order valence-corrected chi connectivity index (χ4v) is 3.27. The summed E-state index contributed by atoms with van der Waals surface area (Å²) in [5, 5.41) is 3.48. The van der Waals surface area contributed by atoms with Gasteiger partial charge in [0.15, 0.2) is 6.54 Å². The molecule has 0 saturated carbocycles. The smallest absolute Gasteiger partial charge is 0.279 e. The number of carbonyl (C=O) groups is 1. The summed E-state index contributed by atoms with van der Waals surface area (Å²) in [6.45, 7) is 4.22. The van der Waals surface area contributed by atoms with Crippen molar-refractivity contribution in [3.8, 4) is 5.75 Å². The molecule has 6 heteroatoms. The first-order valence-electron chi connectivity index (χ1n) is 8.42. The third kappa shape index (κ3) is 4.65. The monoisotopic (exact) mass is 360 g/mol. The molecule has 1 fully saturated rings. The van der Waals surface area contributed by atoms with Gasteiger partial charge in [-0.25, -0.2) is 0 Å². The Balaban J connectivity index is 1.52. The quantitative estimate of drug-likeness (QED) is 0.853. The van der Waals surface area contributed by atoms with Crippen molar-refractivity contribution >= 4 is 28.9 Å². The van der Waals surface area contributed by atoms with Crippen LogP contribution in [0.3, 0.4) is 0 Å². The number of quaternary nitrogens is 1. The average molecular weight is 361 g/mol. The van der Waals surface area contributed by atoms with Gasteiger partial charge in [-0.2, -0.15) is 0 Å². The van der Waals surface area contributed by atoms with E-state index in [-0.39, 0.29) is 5.91 Å². The number of methoxy groups -OCH3 is 1. The number of nitrogens with zero attached hydrogens (tertiary/aromatic N) is 1. The van der Waals surface area contributed by atoms with Crippen LogP contribution >= 0.6 is 11.6 Å². The Morgan fingerprint density at radius 3 is 2.60 bits per heavy atom. The molecule has 0 spiro atoms. The first-order chi connectivity index (χ1) is 12.2. The molecule has 2 aromatic carbocycles. The maximum absolute atomic E-state index is 12.4. The molecule has 1 aliphatic rings. The van der Waals surface area contributed by atoms with Gasteiger partial charge in [0.25, 0.3) is 5.91 Å². The molecule has 0 bridgehead atoms. The number of benzene rings is 2. The van der Waals surface area contributed by atoms with E-state index in [1.54, 1.807) is 25.3 Å². The van der Waals surface area contributed by atoms with Crippen LogP contribution in [0.15, 0.2) is 48.5 Å². The van der Waals surface area contributed by atoms with Gasteiger partial charge in [-0.15, -0.1) is 0 Å². The normalized spacial score (nSPS) is 15.0. The molecule has 25 heavy (non-hydrogen) atoms. The highest BCUT2D eigenvalue weighted by Crippen LogP contribution is 2.27. The zero-order chi connectivity index (χ0) is 17.6. The summed E-state index contributed by atoms with van der Waals surface area (Å²) >= 11 is 6.01. The van der Waals surface area contributed by atoms with Crippen LogP contribution in [0.1, 0.15) is 0 Å². The molecule has 1 saturated heterocycles. The zero-order valence-electron chi connectivity index (χ0n) is 14.3. The van der Waals surface area contributed by atoms with Crippen LogP contribution in [0.4, 0.5) is 11.4 Å². The molecule has 0 atom stereocenters. The Bertz CT molecular complexity index is 716. The van der Waals surface area contributed by atoms with E-state index in [0.29, 0.717) is 23.0 Å². The first kappa shape index (κ1) is 17.6. The second kappa shape index (κ2) is 8.23. The average Bonchev–Trinajstić information content (AvgIpc) is 2.63. The van der Waals surface area contributed by atoms with Crippen LogP contribution in [-0.4, -0.2) is 45.7 Å². The lowest BCUT2D eigenvalue weighted by atomic mass is 10.2. The van der Waals surface area contributed by atoms with E-state index >= 15 is 0 Å². The third-order valence-electron chi connectivity index (χ3n) is 4.44. The Morgan fingerprint density at radius 2 is 1.92 bits per heavy atom. The van der Waals surface area contributed by atoms with Crippen LogP contribution in [-0.2, 0) is 4.79 Å². The highest BCUT2D eigenvalue weighted by Gasteiger charge is 2.22. The predicted octanol–water partition coefficient (Wildman–Crippen LogP) is 1.69. The fourth-order valence-electron chi connectivity index (χ4n) is 3.10. The lowest BCUT2D eigenvalue weighted by Gasteiger charge is -2.33. The van der Waals surface area contributed by atoms with Crippen molar-refractivity contribution in [2.24, 2.45) is 0 Å². The zero-order valence-corrected chi connectivity index (χ0v) is 15.1. The second-order valence-electron chi connectivity index (χ2n) is 6.14. The molecule has 0 unspecified atom stereocenters. The van der Waals surface area contributed by atoms with E-state index in [4.69, 9.17) is 16.3 Å². The van der Waals surface area contributed by atoms with Gasteiger partial charge in [0.2, 0.25) is 0 Å². The third-order valence-corrected chi connectivity index (χ3v) is 4.67. The summed E-state index contributed by atoms with van der Waals surface area (Å²) < 4.78 is 5.27. The van der Waals surface area contributed by atoms with Crippen LogP contribution in [0.5, 0.6) is 5.75 Å². The minimum atomic E-state index is -0.0243. The molecular weight excluding hydrogens is 338 g/mol. The molecule has 2 aromatic rings. The number of rotatable bonds is 5. The number of hydrogen-bond donors (Lipinski definition) is 2. The fraction of sp³-hybridized carbons (Fsp3) is 0.316. The maximum atomic E-state index is 12.4. The lowest BCUT2D eigenvalue weighted by Crippen LogP contribution is -3.15. The molecule has 1 aliphatic heterocycles. The van der Waals surface area contributed by atoms with Gasteiger partial charge in [0, 0.05) is 10.7 Å². The minimum absolute atomic E-state index is 0.0243. The first-order valence-corrected chi connectivity index (χ1v) is 8.80. The van der Waals surface area contributed by atoms with Gasteiger partial charge in [-0.05, 0) is 30.3 Å². The minimum Gasteiger partial charge on any atom is -0.495 e. The van der Waals surface area contributed by atoms with Gasteiger partial charge < -0.3 is 19.9 Å². The Kier molecular flexibility index (Phi) is 5.79. The molecule has 0 aliphatic carbocycles. The molecule has 2 N–H and O–H groups in total. The number of hydrogen-bond acceptors (Lipinski definition) is 3. The number of nitrogens with one attached hydrogen (secondary N) is 2. The number of carbonyl (C=O) groups excluding carboxylic acids is 1. The number of ether oxygens (including phenoxy) is 1. The number of amides is 1. The molecule has 3 rings (SSSR count). The lowest BCUT2D eigenvalue weighted by molar-refractivity contribution is -0.892. The van der Waals surface area contributed by atoms with Crippen LogP contribution in [0.2, 0.25) is 5.02 Å². The summed E-state index contributed by atoms with van der Waals surface area (Å²) in [7, 11) is 1.58. The summed E-state index contributed by atoms with van der Waals surface area (Å²) in [5.41, 5.74) is 1.86. The van der Waals surface area contributed by atoms with Crippen molar-refractivity contribution < 1.29 is 14.4 Å². The summed E-state index contributed by atoms with van der Waals surface area (Å²) in [4.78, 5) is 16.0. The molecule has 0 aromatic heterocycles. The number of halogens is 1. The number of para-hydroxylation sites is 1. The van der Waals surface area contributed by atoms with Crippen molar-refractivity contribution in [3.05, 3.63) is 53.6 Å². The van der Waals surface area contributed by atoms with Crippen LogP contribution in [0.25, 0.3) is 0 Å². The van der Waals surface area contributed by atoms with E-state index in [9.17, 15) is 4.79 Å². The van der Waals surface area contributed by atoms with Crippen molar-refractivity contribution in [2.45, 2.75) is 0 Å². The molecule has 5 nitrogen and oxygen atoms in total. The maximum Gasteiger partial charge on any atom is 0.279 e. The molecule has 1 heterocycles. The van der Waals surface area contributed by atoms with E-state index in [1.165, 1.54) is 10.6 Å². The van der Waals surface area contributed by atoms with Gasteiger partial charge in [0.1, 0.15) is 5.75 Å². The topological polar surface area (TPSA) is 46.0 Å². The number of anilines is 2. The number of piperazine rings is 1. The molecular formula is C19H23ClN3O2+. The summed E-state index contributed by atoms with van der Waals surface area (Å²) in [6, 6.07) is 15.6. The predicted molar refractivity (Wildman–Crippen MR) is 101 cm³/mol. The van der Waals surface area contributed by atoms with Crippen molar-refractivity contribution in [2.75, 3.05) is 50.1 Å². The Morgan fingerprint density at radius 1 is 1.20 bits per heavy atom. The van der Waals surface area contributed by atoms with E-state index in [1.807, 2.05) is 6.07 Å². The van der Waals surface area contributed by atoms with Gasteiger partial charge >= 0.3 is 0 Å². The van der Waals surface area contributed by atoms with Crippen molar-refractivity contribution in [3.63, 3.8) is 0 Å². The molecule has 132 valence electrons. The van der Waals surface area contributed by atoms with Crippen LogP contribution < -0.4 is 19.9 Å². The van der Waals surface area contributed by atoms with Crippen LogP contribution in [0, 0.1) is 0 Å². The molecule has 0 radical (unpaired) electrons. The van der Waals surface area contributed by atoms with Gasteiger partial charge in [-0.1, -0.05) is 29.8 Å². The van der Waals surface area contributed by atoms with Gasteiger partial charge in [-0.3, -0.25) is 4.79 Å². The Labute approximate surface area is 153 Å². The van der Waals surface area contributed by atoms with Crippen molar-refractivity contribution in [1.82, 2.24) is 0 Å². The highest BCUT2D eigenvalue weighted by molar-refractivity contribution is 6.31. The standard InChI is InChI=1S/C19H22ClN3O2/c1-25-18-8-7-15(20)13-17(18)21-19(24)14-22-9-11-23(12-10-22)16-5-3-2-4-6-16/h2-8,13H,9-12,14H2,1H3,(H,21,24)/p+1. The highest BCUT2D eigenvalue weighted by atomic mass is 35.5. The Hall–Kier alpha value is -2.24. The van der Waals surface area contributed by atoms with Gasteiger partial charge in [0.05, 0.1) is 39.0 Å². The van der Waals surface area contributed by atoms with E-state index < -0.39 is 0 Å². The van der Waals surface area contributed by atoms with Crippen molar-refractivity contribution in [1.29, 1.82) is 0 Å². The second-order valence-corrected chi connectivity index (χ2v) is 6.58. The largest absolute Gasteiger partial charge is 0.495 e.